The Balaban J connectivity index is 2.11. The van der Waals surface area contributed by atoms with E-state index < -0.39 is 0 Å². The third kappa shape index (κ3) is 2.32. The van der Waals surface area contributed by atoms with E-state index in [1.165, 1.54) is 11.3 Å². The molecule has 2 aromatic heterocycles. The van der Waals surface area contributed by atoms with Crippen molar-refractivity contribution in [2.45, 2.75) is 19.8 Å². The molecule has 0 bridgehead atoms. The average molecular weight is 280 g/mol. The number of hydrogen-bond acceptors (Lipinski definition) is 2. The molecule has 4 heteroatoms. The fourth-order valence-electron chi connectivity index (χ4n) is 1.69. The van der Waals surface area contributed by atoms with Crippen molar-refractivity contribution in [1.82, 2.24) is 14.5 Å². The molecule has 2 heterocycles. The first-order chi connectivity index (χ1) is 7.68. The van der Waals surface area contributed by atoms with Gasteiger partial charge in [0.15, 0.2) is 0 Å². The fourth-order valence-corrected chi connectivity index (χ4v) is 2.42. The molecule has 0 spiro atoms. The van der Waals surface area contributed by atoms with Gasteiger partial charge in [0.1, 0.15) is 10.4 Å². The summed E-state index contributed by atoms with van der Waals surface area (Å²) in [7, 11) is 2.05. The summed E-state index contributed by atoms with van der Waals surface area (Å²) in [5.41, 5.74) is 2.50. The second kappa shape index (κ2) is 4.78. The van der Waals surface area contributed by atoms with Crippen LogP contribution in [0.25, 0.3) is 0 Å². The molecule has 3 nitrogen and oxygen atoms in total. The maximum absolute atomic E-state index is 4.39. The molecule has 0 aromatic carbocycles. The van der Waals surface area contributed by atoms with Crippen LogP contribution in [0.15, 0.2) is 29.1 Å². The summed E-state index contributed by atoms with van der Waals surface area (Å²) in [5, 5.41) is 0. The van der Waals surface area contributed by atoms with Crippen LogP contribution in [0.3, 0.4) is 0 Å². The van der Waals surface area contributed by atoms with Gasteiger partial charge in [-0.1, -0.05) is 6.07 Å². The molecule has 2 aromatic rings. The van der Waals surface area contributed by atoms with Crippen LogP contribution < -0.4 is 0 Å². The van der Waals surface area contributed by atoms with Crippen LogP contribution in [0.4, 0.5) is 0 Å². The maximum atomic E-state index is 4.39. The highest BCUT2D eigenvalue weighted by molar-refractivity contribution is 9.10. The zero-order chi connectivity index (χ0) is 11.5. The maximum Gasteiger partial charge on any atom is 0.127 e. The van der Waals surface area contributed by atoms with E-state index >= 15 is 0 Å². The Kier molecular flexibility index (Phi) is 3.39. The predicted octanol–water partition coefficient (Wildman–Crippen LogP) is 2.67. The third-order valence-electron chi connectivity index (χ3n) is 2.76. The Hall–Kier alpha value is -1.16. The Morgan fingerprint density at radius 2 is 2.19 bits per heavy atom. The van der Waals surface area contributed by atoms with Crippen molar-refractivity contribution in [2.75, 3.05) is 0 Å². The average Bonchev–Trinajstić information content (AvgIpc) is 2.53. The van der Waals surface area contributed by atoms with Gasteiger partial charge in [0, 0.05) is 19.4 Å². The summed E-state index contributed by atoms with van der Waals surface area (Å²) in [6, 6.07) is 4.07. The summed E-state index contributed by atoms with van der Waals surface area (Å²) in [6.07, 6.45) is 5.68. The first-order valence-electron chi connectivity index (χ1n) is 5.25. The van der Waals surface area contributed by atoms with Gasteiger partial charge in [0.25, 0.3) is 0 Å². The molecule has 0 amide bonds. The van der Waals surface area contributed by atoms with Gasteiger partial charge >= 0.3 is 0 Å². The van der Waals surface area contributed by atoms with E-state index in [0.717, 1.165) is 23.3 Å². The Labute approximate surface area is 104 Å². The highest BCUT2D eigenvalue weighted by atomic mass is 79.9. The van der Waals surface area contributed by atoms with Crippen LogP contribution in [-0.4, -0.2) is 14.5 Å². The van der Waals surface area contributed by atoms with Gasteiger partial charge in [-0.15, -0.1) is 0 Å². The molecule has 84 valence electrons. The van der Waals surface area contributed by atoms with Crippen LogP contribution >= 0.6 is 15.9 Å². The smallest absolute Gasteiger partial charge is 0.127 e. The summed E-state index contributed by atoms with van der Waals surface area (Å²) < 4.78 is 3.08. The number of aromatic nitrogens is 3. The highest BCUT2D eigenvalue weighted by Crippen LogP contribution is 2.18. The molecule has 0 aliphatic rings. The lowest BCUT2D eigenvalue weighted by atomic mass is 10.1. The zero-order valence-electron chi connectivity index (χ0n) is 9.44. The normalized spacial score (nSPS) is 10.7. The minimum atomic E-state index is 0.955. The molecule has 0 atom stereocenters. The number of nitrogens with zero attached hydrogens (tertiary/aromatic N) is 3. The molecule has 0 saturated carbocycles. The van der Waals surface area contributed by atoms with E-state index in [0.29, 0.717) is 0 Å². The van der Waals surface area contributed by atoms with Crippen molar-refractivity contribution < 1.29 is 0 Å². The molecule has 0 radical (unpaired) electrons. The minimum Gasteiger partial charge on any atom is -0.334 e. The number of halogens is 1. The van der Waals surface area contributed by atoms with Crippen LogP contribution in [0, 0.1) is 6.92 Å². The summed E-state index contributed by atoms with van der Waals surface area (Å²) in [4.78, 5) is 8.50. The SMILES string of the molecule is Cc1nc(Br)c(CCc2cccnc2)n1C. The molecule has 0 saturated heterocycles. The van der Waals surface area contributed by atoms with Crippen molar-refractivity contribution in [1.29, 1.82) is 0 Å². The first-order valence-corrected chi connectivity index (χ1v) is 6.04. The Bertz CT molecular complexity index is 477. The van der Waals surface area contributed by atoms with Crippen LogP contribution in [-0.2, 0) is 19.9 Å². The Morgan fingerprint density at radius 1 is 1.38 bits per heavy atom. The molecule has 0 N–H and O–H groups in total. The van der Waals surface area contributed by atoms with Gasteiger partial charge in [-0.05, 0) is 47.3 Å². The fraction of sp³-hybridized carbons (Fsp3) is 0.333. The highest BCUT2D eigenvalue weighted by Gasteiger charge is 2.09. The molecule has 2 rings (SSSR count). The van der Waals surface area contributed by atoms with E-state index in [9.17, 15) is 0 Å². The monoisotopic (exact) mass is 279 g/mol. The van der Waals surface area contributed by atoms with Crippen molar-refractivity contribution in [3.63, 3.8) is 0 Å². The minimum absolute atomic E-state index is 0.955. The van der Waals surface area contributed by atoms with E-state index in [4.69, 9.17) is 0 Å². The third-order valence-corrected chi connectivity index (χ3v) is 3.40. The van der Waals surface area contributed by atoms with Gasteiger partial charge in [-0.2, -0.15) is 0 Å². The van der Waals surface area contributed by atoms with Crippen LogP contribution in [0.1, 0.15) is 17.1 Å². The number of imidazole rings is 1. The lowest BCUT2D eigenvalue weighted by Gasteiger charge is -2.04. The van der Waals surface area contributed by atoms with Crippen molar-refractivity contribution >= 4 is 15.9 Å². The number of pyridine rings is 1. The lowest BCUT2D eigenvalue weighted by molar-refractivity contribution is 0.769. The molecular formula is C12H14BrN3. The second-order valence-corrected chi connectivity index (χ2v) is 4.57. The number of aryl methyl sites for hydroxylation is 2. The van der Waals surface area contributed by atoms with Crippen LogP contribution in [0.2, 0.25) is 0 Å². The lowest BCUT2D eigenvalue weighted by Crippen LogP contribution is -2.01. The molecule has 0 fully saturated rings. The standard InChI is InChI=1S/C12H14BrN3/c1-9-15-12(13)11(16(9)2)6-5-10-4-3-7-14-8-10/h3-4,7-8H,5-6H2,1-2H3. The van der Waals surface area contributed by atoms with Gasteiger partial charge in [0.05, 0.1) is 5.69 Å². The first kappa shape index (κ1) is 11.3. The van der Waals surface area contributed by atoms with Crippen molar-refractivity contribution in [2.24, 2.45) is 7.05 Å². The molecule has 0 unspecified atom stereocenters. The summed E-state index contributed by atoms with van der Waals surface area (Å²) in [5.74, 6) is 1.04. The van der Waals surface area contributed by atoms with Crippen molar-refractivity contribution in [3.8, 4) is 0 Å². The van der Waals surface area contributed by atoms with Crippen LogP contribution in [0.5, 0.6) is 0 Å². The predicted molar refractivity (Wildman–Crippen MR) is 67.3 cm³/mol. The zero-order valence-corrected chi connectivity index (χ0v) is 11.0. The number of hydrogen-bond donors (Lipinski definition) is 0. The molecular weight excluding hydrogens is 266 g/mol. The topological polar surface area (TPSA) is 30.7 Å². The van der Waals surface area contributed by atoms with E-state index in [1.54, 1.807) is 6.20 Å². The number of rotatable bonds is 3. The van der Waals surface area contributed by atoms with Gasteiger partial charge in [0.2, 0.25) is 0 Å². The Morgan fingerprint density at radius 3 is 2.75 bits per heavy atom. The largest absolute Gasteiger partial charge is 0.334 e. The quantitative estimate of drug-likeness (QED) is 0.865. The molecule has 16 heavy (non-hydrogen) atoms. The summed E-state index contributed by atoms with van der Waals surface area (Å²) in [6.45, 7) is 2.01. The van der Waals surface area contributed by atoms with Gasteiger partial charge in [-0.3, -0.25) is 4.98 Å². The van der Waals surface area contributed by atoms with E-state index in [1.807, 2.05) is 26.2 Å². The second-order valence-electron chi connectivity index (χ2n) is 3.82. The summed E-state index contributed by atoms with van der Waals surface area (Å²) >= 11 is 3.49. The van der Waals surface area contributed by atoms with Crippen molar-refractivity contribution in [3.05, 3.63) is 46.2 Å². The van der Waals surface area contributed by atoms with E-state index in [2.05, 4.69) is 36.5 Å². The molecule has 0 aliphatic carbocycles. The van der Waals surface area contributed by atoms with E-state index in [-0.39, 0.29) is 0 Å². The van der Waals surface area contributed by atoms with Gasteiger partial charge in [-0.25, -0.2) is 4.98 Å². The van der Waals surface area contributed by atoms with Gasteiger partial charge < -0.3 is 4.57 Å². The molecule has 0 aliphatic heterocycles.